The summed E-state index contributed by atoms with van der Waals surface area (Å²) in [6.07, 6.45) is 4.46. The number of hydrogen-bond acceptors (Lipinski definition) is 2. The lowest BCUT2D eigenvalue weighted by Gasteiger charge is -2.27. The molecule has 0 amide bonds. The van der Waals surface area contributed by atoms with Gasteiger partial charge in [-0.1, -0.05) is 6.07 Å². The first-order chi connectivity index (χ1) is 6.79. The number of aromatic nitrogens is 1. The fraction of sp³-hybridized carbons (Fsp3) is 0.583. The molecule has 0 aliphatic carbocycles. The normalized spacial score (nSPS) is 23.2. The maximum atomic E-state index is 4.45. The predicted octanol–water partition coefficient (Wildman–Crippen LogP) is 2.63. The zero-order valence-electron chi connectivity index (χ0n) is 8.98. The molecule has 14 heavy (non-hydrogen) atoms. The molecule has 2 heterocycles. The summed E-state index contributed by atoms with van der Waals surface area (Å²) < 4.78 is 0. The molecular formula is C12H18N2. The van der Waals surface area contributed by atoms with Crippen LogP contribution in [0.4, 0.5) is 0 Å². The van der Waals surface area contributed by atoms with Crippen molar-refractivity contribution in [3.63, 3.8) is 0 Å². The van der Waals surface area contributed by atoms with E-state index in [0.717, 1.165) is 0 Å². The largest absolute Gasteiger partial charge is 0.292 e. The van der Waals surface area contributed by atoms with E-state index in [9.17, 15) is 0 Å². The van der Waals surface area contributed by atoms with Gasteiger partial charge in [0.2, 0.25) is 0 Å². The molecule has 0 aromatic carbocycles. The molecule has 1 saturated heterocycles. The molecule has 2 heteroatoms. The molecule has 1 aliphatic heterocycles. The quantitative estimate of drug-likeness (QED) is 0.712. The van der Waals surface area contributed by atoms with Gasteiger partial charge >= 0.3 is 0 Å². The molecule has 2 rings (SSSR count). The number of pyridine rings is 1. The highest BCUT2D eigenvalue weighted by Crippen LogP contribution is 2.31. The first-order valence-corrected chi connectivity index (χ1v) is 5.45. The zero-order valence-corrected chi connectivity index (χ0v) is 8.98. The molecule has 76 valence electrons. The van der Waals surface area contributed by atoms with Gasteiger partial charge in [0, 0.05) is 12.2 Å². The summed E-state index contributed by atoms with van der Waals surface area (Å²) in [6, 6.07) is 7.39. The Morgan fingerprint density at radius 1 is 1.43 bits per heavy atom. The lowest BCUT2D eigenvalue weighted by atomic mass is 10.1. The van der Waals surface area contributed by atoms with Gasteiger partial charge in [0.1, 0.15) is 0 Å². The van der Waals surface area contributed by atoms with Crippen molar-refractivity contribution in [1.82, 2.24) is 9.88 Å². The Hall–Kier alpha value is -0.890. The first kappa shape index (κ1) is 9.66. The van der Waals surface area contributed by atoms with Gasteiger partial charge < -0.3 is 0 Å². The topological polar surface area (TPSA) is 16.1 Å². The van der Waals surface area contributed by atoms with Gasteiger partial charge in [-0.25, -0.2) is 0 Å². The van der Waals surface area contributed by atoms with E-state index in [-0.39, 0.29) is 0 Å². The fourth-order valence-electron chi connectivity index (χ4n) is 2.30. The third-order valence-corrected chi connectivity index (χ3v) is 2.99. The van der Waals surface area contributed by atoms with Crippen LogP contribution in [0.5, 0.6) is 0 Å². The minimum atomic E-state index is 0.552. The van der Waals surface area contributed by atoms with Crippen molar-refractivity contribution >= 4 is 0 Å². The summed E-state index contributed by atoms with van der Waals surface area (Å²) in [5.74, 6) is 0. The van der Waals surface area contributed by atoms with Crippen molar-refractivity contribution in [1.29, 1.82) is 0 Å². The van der Waals surface area contributed by atoms with Crippen LogP contribution in [-0.2, 0) is 0 Å². The number of rotatable bonds is 2. The Kier molecular flexibility index (Phi) is 2.82. The molecule has 0 N–H and O–H groups in total. The van der Waals surface area contributed by atoms with E-state index in [1.54, 1.807) is 0 Å². The molecule has 1 aliphatic rings. The highest BCUT2D eigenvalue weighted by atomic mass is 15.2. The molecular weight excluding hydrogens is 172 g/mol. The van der Waals surface area contributed by atoms with Crippen LogP contribution in [0.25, 0.3) is 0 Å². The Bertz CT molecular complexity index is 282. The highest BCUT2D eigenvalue weighted by molar-refractivity contribution is 5.10. The molecule has 2 nitrogen and oxygen atoms in total. The van der Waals surface area contributed by atoms with Crippen LogP contribution in [0, 0.1) is 0 Å². The lowest BCUT2D eigenvalue weighted by molar-refractivity contribution is 0.202. The summed E-state index contributed by atoms with van der Waals surface area (Å²) in [4.78, 5) is 7.00. The summed E-state index contributed by atoms with van der Waals surface area (Å²) in [5.41, 5.74) is 1.23. The molecule has 1 aromatic heterocycles. The Morgan fingerprint density at radius 2 is 2.29 bits per heavy atom. The van der Waals surface area contributed by atoms with E-state index < -0.39 is 0 Å². The fourth-order valence-corrected chi connectivity index (χ4v) is 2.30. The average molecular weight is 190 g/mol. The van der Waals surface area contributed by atoms with Gasteiger partial charge in [-0.2, -0.15) is 0 Å². The molecule has 1 unspecified atom stereocenters. The van der Waals surface area contributed by atoms with E-state index in [1.165, 1.54) is 25.1 Å². The molecule has 0 spiro atoms. The van der Waals surface area contributed by atoms with Crippen LogP contribution < -0.4 is 0 Å². The monoisotopic (exact) mass is 190 g/mol. The van der Waals surface area contributed by atoms with E-state index in [1.807, 2.05) is 12.3 Å². The van der Waals surface area contributed by atoms with E-state index in [2.05, 4.69) is 35.9 Å². The van der Waals surface area contributed by atoms with Gasteiger partial charge in [0.15, 0.2) is 0 Å². The van der Waals surface area contributed by atoms with Crippen molar-refractivity contribution in [2.45, 2.75) is 38.8 Å². The van der Waals surface area contributed by atoms with Crippen molar-refractivity contribution < 1.29 is 0 Å². The maximum Gasteiger partial charge on any atom is 0.0575 e. The third-order valence-electron chi connectivity index (χ3n) is 2.99. The first-order valence-electron chi connectivity index (χ1n) is 5.45. The second kappa shape index (κ2) is 4.09. The highest BCUT2D eigenvalue weighted by Gasteiger charge is 2.28. The second-order valence-electron chi connectivity index (χ2n) is 4.24. The Labute approximate surface area is 86.0 Å². The van der Waals surface area contributed by atoms with Crippen molar-refractivity contribution in [2.24, 2.45) is 0 Å². The van der Waals surface area contributed by atoms with Gasteiger partial charge in [-0.15, -0.1) is 0 Å². The van der Waals surface area contributed by atoms with E-state index in [0.29, 0.717) is 12.1 Å². The summed E-state index contributed by atoms with van der Waals surface area (Å²) in [6.45, 7) is 5.75. The van der Waals surface area contributed by atoms with Crippen LogP contribution in [-0.4, -0.2) is 22.5 Å². The zero-order chi connectivity index (χ0) is 9.97. The van der Waals surface area contributed by atoms with Crippen molar-refractivity contribution in [3.8, 4) is 0 Å². The third kappa shape index (κ3) is 1.80. The van der Waals surface area contributed by atoms with E-state index >= 15 is 0 Å². The Morgan fingerprint density at radius 3 is 2.93 bits per heavy atom. The van der Waals surface area contributed by atoms with Crippen LogP contribution in [0.15, 0.2) is 24.4 Å². The standard InChI is InChI=1S/C12H18N2/c1-10(2)14-9-5-7-12(14)11-6-3-4-8-13-11/h3-4,6,8,10,12H,5,7,9H2,1-2H3. The minimum Gasteiger partial charge on any atom is -0.292 e. The van der Waals surface area contributed by atoms with Crippen molar-refractivity contribution in [3.05, 3.63) is 30.1 Å². The average Bonchev–Trinajstić information content (AvgIpc) is 2.67. The molecule has 0 saturated carbocycles. The molecule has 0 bridgehead atoms. The summed E-state index contributed by atoms with van der Waals surface area (Å²) in [5, 5.41) is 0. The number of hydrogen-bond donors (Lipinski definition) is 0. The second-order valence-corrected chi connectivity index (χ2v) is 4.24. The molecule has 1 atom stereocenters. The summed E-state index contributed by atoms with van der Waals surface area (Å²) >= 11 is 0. The smallest absolute Gasteiger partial charge is 0.0575 e. The van der Waals surface area contributed by atoms with Gasteiger partial charge in [0.25, 0.3) is 0 Å². The van der Waals surface area contributed by atoms with Gasteiger partial charge in [-0.05, 0) is 45.4 Å². The lowest BCUT2D eigenvalue weighted by Crippen LogP contribution is -2.30. The predicted molar refractivity (Wildman–Crippen MR) is 58.1 cm³/mol. The van der Waals surface area contributed by atoms with Gasteiger partial charge in [-0.3, -0.25) is 9.88 Å². The SMILES string of the molecule is CC(C)N1CCCC1c1ccccn1. The van der Waals surface area contributed by atoms with Crippen molar-refractivity contribution in [2.75, 3.05) is 6.54 Å². The molecule has 1 fully saturated rings. The van der Waals surface area contributed by atoms with Crippen LogP contribution >= 0.6 is 0 Å². The Balaban J connectivity index is 2.18. The van der Waals surface area contributed by atoms with E-state index in [4.69, 9.17) is 0 Å². The summed E-state index contributed by atoms with van der Waals surface area (Å²) in [7, 11) is 0. The molecule has 0 radical (unpaired) electrons. The van der Waals surface area contributed by atoms with Crippen LogP contribution in [0.2, 0.25) is 0 Å². The maximum absolute atomic E-state index is 4.45. The van der Waals surface area contributed by atoms with Crippen LogP contribution in [0.3, 0.4) is 0 Å². The van der Waals surface area contributed by atoms with Gasteiger partial charge in [0.05, 0.1) is 11.7 Å². The van der Waals surface area contributed by atoms with Crippen LogP contribution in [0.1, 0.15) is 38.4 Å². The number of nitrogens with zero attached hydrogens (tertiary/aromatic N) is 2. The minimum absolute atomic E-state index is 0.552. The number of likely N-dealkylation sites (tertiary alicyclic amines) is 1. The molecule has 1 aromatic rings.